The molecule has 0 saturated carbocycles. The number of thiazole rings is 1. The van der Waals surface area contributed by atoms with Gasteiger partial charge in [0.25, 0.3) is 0 Å². The molecular formula is C17H23NOS. The van der Waals surface area contributed by atoms with Crippen molar-refractivity contribution in [3.8, 4) is 5.75 Å². The first-order chi connectivity index (χ1) is 9.60. The molecule has 0 fully saturated rings. The van der Waals surface area contributed by atoms with Crippen LogP contribution in [0.1, 0.15) is 54.9 Å². The predicted octanol–water partition coefficient (Wildman–Crippen LogP) is 5.11. The van der Waals surface area contributed by atoms with Crippen molar-refractivity contribution in [2.24, 2.45) is 0 Å². The van der Waals surface area contributed by atoms with Crippen LogP contribution in [0.3, 0.4) is 0 Å². The molecule has 0 N–H and O–H groups in total. The van der Waals surface area contributed by atoms with E-state index >= 15 is 0 Å². The van der Waals surface area contributed by atoms with Crippen LogP contribution in [-0.2, 0) is 13.0 Å². The van der Waals surface area contributed by atoms with Gasteiger partial charge >= 0.3 is 0 Å². The minimum Gasteiger partial charge on any atom is -0.487 e. The summed E-state index contributed by atoms with van der Waals surface area (Å²) in [4.78, 5) is 4.60. The Labute approximate surface area is 125 Å². The number of hydrogen-bond acceptors (Lipinski definition) is 3. The number of ether oxygens (including phenoxy) is 1. The standard InChI is InChI=1S/C17H23NOS/c1-5-6-17-18-15(11-20-17)10-19-16-9-14(12(2)3)8-7-13(16)4/h7-9,11-12H,5-6,10H2,1-4H3. The van der Waals surface area contributed by atoms with E-state index in [0.717, 1.165) is 24.3 Å². The minimum atomic E-state index is 0.522. The Bertz CT molecular complexity index is 560. The van der Waals surface area contributed by atoms with Gasteiger partial charge in [0.05, 0.1) is 10.7 Å². The van der Waals surface area contributed by atoms with Crippen molar-refractivity contribution in [1.82, 2.24) is 4.98 Å². The molecule has 0 unspecified atom stereocenters. The fraction of sp³-hybridized carbons (Fsp3) is 0.471. The molecule has 0 saturated heterocycles. The van der Waals surface area contributed by atoms with E-state index in [1.807, 2.05) is 0 Å². The average Bonchev–Trinajstić information content (AvgIpc) is 2.86. The molecule has 108 valence electrons. The third kappa shape index (κ3) is 3.83. The molecule has 0 bridgehead atoms. The lowest BCUT2D eigenvalue weighted by Crippen LogP contribution is -1.99. The number of nitrogens with zero attached hydrogens (tertiary/aromatic N) is 1. The molecule has 2 nitrogen and oxygen atoms in total. The number of aromatic nitrogens is 1. The van der Waals surface area contributed by atoms with Gasteiger partial charge in [-0.15, -0.1) is 11.3 Å². The van der Waals surface area contributed by atoms with E-state index in [9.17, 15) is 0 Å². The topological polar surface area (TPSA) is 22.1 Å². The van der Waals surface area contributed by atoms with Crippen LogP contribution in [-0.4, -0.2) is 4.98 Å². The molecule has 0 aliphatic heterocycles. The maximum atomic E-state index is 5.95. The SMILES string of the molecule is CCCc1nc(COc2cc(C(C)C)ccc2C)cs1. The zero-order valence-corrected chi connectivity index (χ0v) is 13.6. The maximum Gasteiger partial charge on any atom is 0.131 e. The van der Waals surface area contributed by atoms with E-state index in [1.54, 1.807) is 11.3 Å². The number of hydrogen-bond donors (Lipinski definition) is 0. The highest BCUT2D eigenvalue weighted by Gasteiger charge is 2.07. The van der Waals surface area contributed by atoms with Crippen LogP contribution in [0, 0.1) is 6.92 Å². The molecule has 0 aliphatic rings. The zero-order chi connectivity index (χ0) is 14.5. The van der Waals surface area contributed by atoms with Gasteiger partial charge in [-0.05, 0) is 42.9 Å². The molecule has 0 spiro atoms. The van der Waals surface area contributed by atoms with Crippen molar-refractivity contribution in [2.75, 3.05) is 0 Å². The number of aryl methyl sites for hydroxylation is 2. The van der Waals surface area contributed by atoms with E-state index in [1.165, 1.54) is 16.1 Å². The third-order valence-corrected chi connectivity index (χ3v) is 4.28. The quantitative estimate of drug-likeness (QED) is 0.737. The summed E-state index contributed by atoms with van der Waals surface area (Å²) in [7, 11) is 0. The smallest absolute Gasteiger partial charge is 0.131 e. The molecule has 20 heavy (non-hydrogen) atoms. The van der Waals surface area contributed by atoms with Gasteiger partial charge in [0.1, 0.15) is 12.4 Å². The summed E-state index contributed by atoms with van der Waals surface area (Å²) in [6.45, 7) is 9.22. The van der Waals surface area contributed by atoms with Crippen LogP contribution in [0.2, 0.25) is 0 Å². The molecule has 0 atom stereocenters. The normalized spacial score (nSPS) is 11.1. The van der Waals surface area contributed by atoms with Crippen LogP contribution in [0.15, 0.2) is 23.6 Å². The summed E-state index contributed by atoms with van der Waals surface area (Å²) >= 11 is 1.73. The fourth-order valence-corrected chi connectivity index (χ4v) is 2.91. The van der Waals surface area contributed by atoms with E-state index < -0.39 is 0 Å². The minimum absolute atomic E-state index is 0.522. The number of benzene rings is 1. The van der Waals surface area contributed by atoms with Crippen molar-refractivity contribution >= 4 is 11.3 Å². The summed E-state index contributed by atoms with van der Waals surface area (Å²) in [6.07, 6.45) is 2.20. The lowest BCUT2D eigenvalue weighted by Gasteiger charge is -2.12. The Morgan fingerprint density at radius 1 is 1.30 bits per heavy atom. The summed E-state index contributed by atoms with van der Waals surface area (Å²) in [5, 5.41) is 3.31. The largest absolute Gasteiger partial charge is 0.487 e. The Kier molecular flexibility index (Phi) is 5.18. The highest BCUT2D eigenvalue weighted by atomic mass is 32.1. The van der Waals surface area contributed by atoms with Gasteiger partial charge in [-0.3, -0.25) is 0 Å². The van der Waals surface area contributed by atoms with E-state index in [4.69, 9.17) is 4.74 Å². The average molecular weight is 289 g/mol. The van der Waals surface area contributed by atoms with Gasteiger partial charge in [-0.1, -0.05) is 32.9 Å². The Morgan fingerprint density at radius 3 is 2.80 bits per heavy atom. The first-order valence-corrected chi connectivity index (χ1v) is 8.14. The number of rotatable bonds is 6. The molecule has 1 aromatic carbocycles. The first kappa shape index (κ1) is 15.0. The molecule has 1 aromatic heterocycles. The van der Waals surface area contributed by atoms with Gasteiger partial charge < -0.3 is 4.74 Å². The monoisotopic (exact) mass is 289 g/mol. The molecule has 2 aromatic rings. The van der Waals surface area contributed by atoms with Crippen molar-refractivity contribution in [3.63, 3.8) is 0 Å². The molecule has 0 aliphatic carbocycles. The van der Waals surface area contributed by atoms with Crippen LogP contribution in [0.25, 0.3) is 0 Å². The summed E-state index contributed by atoms with van der Waals surface area (Å²) in [5.74, 6) is 1.50. The van der Waals surface area contributed by atoms with Crippen molar-refractivity contribution in [2.45, 2.75) is 53.1 Å². The highest BCUT2D eigenvalue weighted by Crippen LogP contribution is 2.25. The van der Waals surface area contributed by atoms with Crippen LogP contribution < -0.4 is 4.74 Å². The third-order valence-electron chi connectivity index (χ3n) is 3.32. The molecule has 0 radical (unpaired) electrons. The van der Waals surface area contributed by atoms with Gasteiger partial charge in [-0.25, -0.2) is 4.98 Å². The molecular weight excluding hydrogens is 266 g/mol. The summed E-state index contributed by atoms with van der Waals surface area (Å²) in [6, 6.07) is 6.46. The van der Waals surface area contributed by atoms with Gasteiger partial charge in [0, 0.05) is 5.38 Å². The van der Waals surface area contributed by atoms with Gasteiger partial charge in [0.2, 0.25) is 0 Å². The molecule has 3 heteroatoms. The second kappa shape index (κ2) is 6.89. The molecule has 2 rings (SSSR count). The lowest BCUT2D eigenvalue weighted by molar-refractivity contribution is 0.299. The van der Waals surface area contributed by atoms with Gasteiger partial charge in [0.15, 0.2) is 0 Å². The Balaban J connectivity index is 2.04. The van der Waals surface area contributed by atoms with Crippen LogP contribution in [0.4, 0.5) is 0 Å². The van der Waals surface area contributed by atoms with Gasteiger partial charge in [-0.2, -0.15) is 0 Å². The first-order valence-electron chi connectivity index (χ1n) is 7.26. The molecule has 0 amide bonds. The van der Waals surface area contributed by atoms with E-state index in [2.05, 4.69) is 56.3 Å². The fourth-order valence-electron chi connectivity index (χ4n) is 2.03. The van der Waals surface area contributed by atoms with Crippen molar-refractivity contribution in [3.05, 3.63) is 45.4 Å². The molecule has 1 heterocycles. The van der Waals surface area contributed by atoms with Crippen LogP contribution >= 0.6 is 11.3 Å². The Morgan fingerprint density at radius 2 is 2.10 bits per heavy atom. The summed E-state index contributed by atoms with van der Waals surface area (Å²) in [5.41, 5.74) is 3.53. The zero-order valence-electron chi connectivity index (χ0n) is 12.8. The predicted molar refractivity (Wildman–Crippen MR) is 85.7 cm³/mol. The van der Waals surface area contributed by atoms with E-state index in [-0.39, 0.29) is 0 Å². The van der Waals surface area contributed by atoms with Crippen molar-refractivity contribution < 1.29 is 4.74 Å². The second-order valence-electron chi connectivity index (χ2n) is 5.45. The van der Waals surface area contributed by atoms with Crippen LogP contribution in [0.5, 0.6) is 5.75 Å². The van der Waals surface area contributed by atoms with Crippen molar-refractivity contribution in [1.29, 1.82) is 0 Å². The maximum absolute atomic E-state index is 5.95. The Hall–Kier alpha value is -1.35. The highest BCUT2D eigenvalue weighted by molar-refractivity contribution is 7.09. The summed E-state index contributed by atoms with van der Waals surface area (Å²) < 4.78 is 5.95. The van der Waals surface area contributed by atoms with E-state index in [0.29, 0.717) is 12.5 Å². The lowest BCUT2D eigenvalue weighted by atomic mass is 10.0. The second-order valence-corrected chi connectivity index (χ2v) is 6.39.